The van der Waals surface area contributed by atoms with Crippen LogP contribution in [0.15, 0.2) is 36.5 Å². The first-order valence-electron chi connectivity index (χ1n) is 31.5. The van der Waals surface area contributed by atoms with Crippen LogP contribution in [-0.2, 0) is 28.6 Å². The van der Waals surface area contributed by atoms with E-state index < -0.39 is 6.10 Å². The summed E-state index contributed by atoms with van der Waals surface area (Å²) in [6, 6.07) is 0. The van der Waals surface area contributed by atoms with E-state index in [-0.39, 0.29) is 31.1 Å². The summed E-state index contributed by atoms with van der Waals surface area (Å²) in [5.41, 5.74) is 0. The van der Waals surface area contributed by atoms with Gasteiger partial charge in [0.25, 0.3) is 0 Å². The maximum absolute atomic E-state index is 12.8. The Morgan fingerprint density at radius 1 is 0.282 bits per heavy atom. The molecule has 1 atom stereocenters. The summed E-state index contributed by atoms with van der Waals surface area (Å²) >= 11 is 0. The van der Waals surface area contributed by atoms with E-state index in [9.17, 15) is 14.4 Å². The van der Waals surface area contributed by atoms with Crippen LogP contribution >= 0.6 is 0 Å². The molecular formula is C65H120O6. The third-order valence-electron chi connectivity index (χ3n) is 14.1. The summed E-state index contributed by atoms with van der Waals surface area (Å²) in [6.07, 6.45) is 73.2. The summed E-state index contributed by atoms with van der Waals surface area (Å²) in [6.45, 7) is 6.62. The fourth-order valence-electron chi connectivity index (χ4n) is 9.39. The second-order valence-electron chi connectivity index (χ2n) is 21.3. The molecular weight excluding hydrogens is 877 g/mol. The Bertz CT molecular complexity index is 1190. The van der Waals surface area contributed by atoms with Crippen LogP contribution in [0, 0.1) is 0 Å². The summed E-state index contributed by atoms with van der Waals surface area (Å²) in [4.78, 5) is 38.1. The first kappa shape index (κ1) is 68.6. The van der Waals surface area contributed by atoms with E-state index in [1.165, 1.54) is 225 Å². The van der Waals surface area contributed by atoms with E-state index in [4.69, 9.17) is 14.2 Å². The van der Waals surface area contributed by atoms with Gasteiger partial charge in [0.2, 0.25) is 0 Å². The molecule has 0 fully saturated rings. The van der Waals surface area contributed by atoms with Crippen molar-refractivity contribution in [2.75, 3.05) is 13.2 Å². The Morgan fingerprint density at radius 3 is 0.817 bits per heavy atom. The molecule has 0 bridgehead atoms. The monoisotopic (exact) mass is 997 g/mol. The molecule has 0 aliphatic carbocycles. The van der Waals surface area contributed by atoms with Gasteiger partial charge in [-0.05, 0) is 57.8 Å². The van der Waals surface area contributed by atoms with Gasteiger partial charge in [0, 0.05) is 19.3 Å². The second-order valence-corrected chi connectivity index (χ2v) is 21.3. The third kappa shape index (κ3) is 58.4. The molecule has 0 rings (SSSR count). The van der Waals surface area contributed by atoms with Gasteiger partial charge in [0.05, 0.1) is 0 Å². The molecule has 416 valence electrons. The lowest BCUT2D eigenvalue weighted by Gasteiger charge is -2.18. The van der Waals surface area contributed by atoms with Crippen molar-refractivity contribution in [3.63, 3.8) is 0 Å². The molecule has 0 amide bonds. The SMILES string of the molecule is CCCCC/C=C\C/C=C\C/C=C\CCCCCCCCC(=O)OC(COC(=O)CCCCCCCCCC)COC(=O)CCCCCCCCCCCCCCCCCCCCCCCCCCCC. The molecule has 0 aromatic heterocycles. The minimum absolute atomic E-state index is 0.0731. The molecule has 0 aromatic carbocycles. The Kier molecular flexibility index (Phi) is 58.2. The lowest BCUT2D eigenvalue weighted by molar-refractivity contribution is -0.167. The van der Waals surface area contributed by atoms with Crippen molar-refractivity contribution < 1.29 is 28.6 Å². The number of rotatable bonds is 58. The fraction of sp³-hybridized carbons (Fsp3) is 0.862. The highest BCUT2D eigenvalue weighted by molar-refractivity contribution is 5.71. The van der Waals surface area contributed by atoms with Gasteiger partial charge in [0.15, 0.2) is 6.10 Å². The topological polar surface area (TPSA) is 78.9 Å². The molecule has 0 radical (unpaired) electrons. The van der Waals surface area contributed by atoms with Crippen LogP contribution in [0.25, 0.3) is 0 Å². The summed E-state index contributed by atoms with van der Waals surface area (Å²) in [5.74, 6) is -0.870. The van der Waals surface area contributed by atoms with Gasteiger partial charge in [-0.1, -0.05) is 301 Å². The zero-order chi connectivity index (χ0) is 51.4. The smallest absolute Gasteiger partial charge is 0.306 e. The van der Waals surface area contributed by atoms with E-state index in [1.807, 2.05) is 0 Å². The van der Waals surface area contributed by atoms with Crippen LogP contribution in [0.5, 0.6) is 0 Å². The second kappa shape index (κ2) is 60.2. The number of esters is 3. The summed E-state index contributed by atoms with van der Waals surface area (Å²) < 4.78 is 16.8. The lowest BCUT2D eigenvalue weighted by Crippen LogP contribution is -2.30. The standard InChI is InChI=1S/C65H120O6/c1-4-7-10-13-16-19-21-23-25-27-29-30-31-32-33-34-35-37-38-40-42-44-46-49-52-55-58-64(67)70-61-62(60-69-63(66)57-54-51-48-18-15-12-9-6-3)71-65(68)59-56-53-50-47-45-43-41-39-36-28-26-24-22-20-17-14-11-8-5-2/h17,20,24,26,36,39,62H,4-16,18-19,21-23,25,27-35,37-38,40-61H2,1-3H3/b20-17-,26-24-,39-36-. The third-order valence-corrected chi connectivity index (χ3v) is 14.1. The first-order chi connectivity index (χ1) is 35.0. The molecule has 0 spiro atoms. The predicted molar refractivity (Wildman–Crippen MR) is 307 cm³/mol. The highest BCUT2D eigenvalue weighted by Crippen LogP contribution is 2.18. The van der Waals surface area contributed by atoms with Crippen LogP contribution in [0.2, 0.25) is 0 Å². The number of hydrogen-bond donors (Lipinski definition) is 0. The Hall–Kier alpha value is -2.37. The Morgan fingerprint density at radius 2 is 0.507 bits per heavy atom. The average molecular weight is 998 g/mol. The number of allylic oxidation sites excluding steroid dienone is 6. The van der Waals surface area contributed by atoms with Gasteiger partial charge >= 0.3 is 17.9 Å². The molecule has 6 nitrogen and oxygen atoms in total. The summed E-state index contributed by atoms with van der Waals surface area (Å²) in [7, 11) is 0. The van der Waals surface area contributed by atoms with Gasteiger partial charge < -0.3 is 14.2 Å². The maximum atomic E-state index is 12.8. The van der Waals surface area contributed by atoms with E-state index >= 15 is 0 Å². The Labute approximate surface area is 442 Å². The van der Waals surface area contributed by atoms with Crippen LogP contribution in [0.1, 0.15) is 342 Å². The molecule has 0 saturated carbocycles. The van der Waals surface area contributed by atoms with Crippen LogP contribution in [-0.4, -0.2) is 37.2 Å². The highest BCUT2D eigenvalue weighted by atomic mass is 16.6. The van der Waals surface area contributed by atoms with E-state index in [0.29, 0.717) is 19.3 Å². The van der Waals surface area contributed by atoms with Gasteiger partial charge in [-0.15, -0.1) is 0 Å². The molecule has 0 aliphatic heterocycles. The van der Waals surface area contributed by atoms with Crippen LogP contribution in [0.4, 0.5) is 0 Å². The van der Waals surface area contributed by atoms with E-state index in [1.54, 1.807) is 0 Å². The van der Waals surface area contributed by atoms with E-state index in [2.05, 4.69) is 57.2 Å². The summed E-state index contributed by atoms with van der Waals surface area (Å²) in [5, 5.41) is 0. The molecule has 71 heavy (non-hydrogen) atoms. The molecule has 6 heteroatoms. The van der Waals surface area contributed by atoms with E-state index in [0.717, 1.165) is 77.0 Å². The minimum atomic E-state index is -0.774. The van der Waals surface area contributed by atoms with Gasteiger partial charge in [-0.2, -0.15) is 0 Å². The molecule has 0 aliphatic rings. The normalized spacial score (nSPS) is 12.2. The molecule has 0 heterocycles. The van der Waals surface area contributed by atoms with Crippen molar-refractivity contribution in [1.29, 1.82) is 0 Å². The van der Waals surface area contributed by atoms with Gasteiger partial charge in [-0.3, -0.25) is 14.4 Å². The number of carbonyl (C=O) groups is 3. The quantitative estimate of drug-likeness (QED) is 0.0261. The van der Waals surface area contributed by atoms with Crippen molar-refractivity contribution >= 4 is 17.9 Å². The largest absolute Gasteiger partial charge is 0.462 e. The molecule has 0 N–H and O–H groups in total. The van der Waals surface area contributed by atoms with Gasteiger partial charge in [0.1, 0.15) is 13.2 Å². The predicted octanol–water partition coefficient (Wildman–Crippen LogP) is 21.2. The number of carbonyl (C=O) groups excluding carboxylic acids is 3. The average Bonchev–Trinajstić information content (AvgIpc) is 3.37. The van der Waals surface area contributed by atoms with Crippen molar-refractivity contribution in [3.05, 3.63) is 36.5 Å². The van der Waals surface area contributed by atoms with Crippen molar-refractivity contribution in [1.82, 2.24) is 0 Å². The number of ether oxygens (including phenoxy) is 3. The zero-order valence-corrected chi connectivity index (χ0v) is 47.8. The van der Waals surface area contributed by atoms with Crippen molar-refractivity contribution in [2.45, 2.75) is 348 Å². The van der Waals surface area contributed by atoms with Crippen molar-refractivity contribution in [2.24, 2.45) is 0 Å². The Balaban J connectivity index is 4.13. The lowest BCUT2D eigenvalue weighted by atomic mass is 10.0. The number of unbranched alkanes of at least 4 members (excludes halogenated alkanes) is 41. The molecule has 0 saturated heterocycles. The molecule has 1 unspecified atom stereocenters. The maximum Gasteiger partial charge on any atom is 0.306 e. The highest BCUT2D eigenvalue weighted by Gasteiger charge is 2.19. The minimum Gasteiger partial charge on any atom is -0.462 e. The number of hydrogen-bond acceptors (Lipinski definition) is 6. The van der Waals surface area contributed by atoms with Gasteiger partial charge in [-0.25, -0.2) is 0 Å². The van der Waals surface area contributed by atoms with Crippen LogP contribution < -0.4 is 0 Å². The van der Waals surface area contributed by atoms with Crippen LogP contribution in [0.3, 0.4) is 0 Å². The first-order valence-corrected chi connectivity index (χ1v) is 31.5. The fourth-order valence-corrected chi connectivity index (χ4v) is 9.39. The van der Waals surface area contributed by atoms with Crippen molar-refractivity contribution in [3.8, 4) is 0 Å². The zero-order valence-electron chi connectivity index (χ0n) is 47.8. The molecule has 0 aromatic rings.